The van der Waals surface area contributed by atoms with Gasteiger partial charge in [-0.15, -0.1) is 0 Å². The molecule has 6 N–H and O–H groups in total. The van der Waals surface area contributed by atoms with E-state index in [0.29, 0.717) is 0 Å². The standard InChI is InChI=1S/C20H28O10/c21-9-12-14(22)17(25)20(29-12)28-10-13-15(23)16(24)18(26)19(30-13)27-8-4-7-11-5-2-1-3-6-11/h1-7,12-26H,8-10H2/t12-,13+,14-,15+,16-,17+,18+,19+,20+/m0/s1. The molecule has 0 aromatic heterocycles. The lowest BCUT2D eigenvalue weighted by atomic mass is 9.99. The second kappa shape index (κ2) is 10.7. The van der Waals surface area contributed by atoms with E-state index >= 15 is 0 Å². The molecule has 2 aliphatic heterocycles. The third-order valence-corrected chi connectivity index (χ3v) is 5.06. The number of hydrogen-bond donors (Lipinski definition) is 6. The molecule has 2 fully saturated rings. The highest BCUT2D eigenvalue weighted by Gasteiger charge is 2.47. The first-order valence-corrected chi connectivity index (χ1v) is 9.69. The third-order valence-electron chi connectivity index (χ3n) is 5.06. The van der Waals surface area contributed by atoms with Crippen LogP contribution in [0.4, 0.5) is 0 Å². The van der Waals surface area contributed by atoms with Crippen LogP contribution < -0.4 is 0 Å². The maximum absolute atomic E-state index is 10.2. The molecule has 0 aliphatic carbocycles. The van der Waals surface area contributed by atoms with E-state index in [0.717, 1.165) is 5.56 Å². The van der Waals surface area contributed by atoms with Gasteiger partial charge in [-0.3, -0.25) is 0 Å². The predicted molar refractivity (Wildman–Crippen MR) is 102 cm³/mol. The summed E-state index contributed by atoms with van der Waals surface area (Å²) in [7, 11) is 0. The van der Waals surface area contributed by atoms with Crippen molar-refractivity contribution >= 4 is 6.08 Å². The van der Waals surface area contributed by atoms with Crippen LogP contribution in [0.5, 0.6) is 0 Å². The lowest BCUT2D eigenvalue weighted by Gasteiger charge is -2.40. The molecule has 1 aromatic rings. The molecule has 1 aromatic carbocycles. The minimum atomic E-state index is -1.54. The smallest absolute Gasteiger partial charge is 0.187 e. The Kier molecular flexibility index (Phi) is 8.31. The van der Waals surface area contributed by atoms with Crippen LogP contribution in [0, 0.1) is 0 Å². The van der Waals surface area contributed by atoms with E-state index < -0.39 is 61.9 Å². The summed E-state index contributed by atoms with van der Waals surface area (Å²) < 4.78 is 21.5. The summed E-state index contributed by atoms with van der Waals surface area (Å²) in [4.78, 5) is 0. The lowest BCUT2D eigenvalue weighted by molar-refractivity contribution is -0.307. The van der Waals surface area contributed by atoms with Gasteiger partial charge < -0.3 is 49.6 Å². The maximum Gasteiger partial charge on any atom is 0.187 e. The van der Waals surface area contributed by atoms with Gasteiger partial charge in [0.1, 0.15) is 42.7 Å². The lowest BCUT2D eigenvalue weighted by Crippen LogP contribution is -2.59. The van der Waals surface area contributed by atoms with Crippen molar-refractivity contribution in [2.24, 2.45) is 0 Å². The number of ether oxygens (including phenoxy) is 4. The van der Waals surface area contributed by atoms with Crippen molar-refractivity contribution in [3.8, 4) is 0 Å². The first kappa shape index (κ1) is 23.2. The summed E-state index contributed by atoms with van der Waals surface area (Å²) in [5.41, 5.74) is 0.964. The van der Waals surface area contributed by atoms with Crippen molar-refractivity contribution in [3.63, 3.8) is 0 Å². The molecule has 0 unspecified atom stereocenters. The second-order valence-corrected chi connectivity index (χ2v) is 7.20. The Hall–Kier alpha value is -1.44. The maximum atomic E-state index is 10.2. The Balaban J connectivity index is 1.52. The monoisotopic (exact) mass is 428 g/mol. The summed E-state index contributed by atoms with van der Waals surface area (Å²) in [6.07, 6.45) is -8.23. The molecule has 0 spiro atoms. The Bertz CT molecular complexity index is 671. The van der Waals surface area contributed by atoms with Crippen LogP contribution in [0.1, 0.15) is 5.56 Å². The molecule has 2 saturated heterocycles. The second-order valence-electron chi connectivity index (χ2n) is 7.20. The Morgan fingerprint density at radius 1 is 0.767 bits per heavy atom. The number of rotatable bonds is 8. The molecule has 0 saturated carbocycles. The fourth-order valence-electron chi connectivity index (χ4n) is 3.28. The van der Waals surface area contributed by atoms with Crippen LogP contribution >= 0.6 is 0 Å². The van der Waals surface area contributed by atoms with E-state index in [-0.39, 0.29) is 13.2 Å². The molecule has 2 heterocycles. The highest BCUT2D eigenvalue weighted by atomic mass is 16.7. The first-order valence-electron chi connectivity index (χ1n) is 9.69. The highest BCUT2D eigenvalue weighted by Crippen LogP contribution is 2.26. The van der Waals surface area contributed by atoms with Crippen LogP contribution in [0.3, 0.4) is 0 Å². The number of aliphatic hydroxyl groups excluding tert-OH is 6. The molecule has 168 valence electrons. The van der Waals surface area contributed by atoms with E-state index in [1.165, 1.54) is 0 Å². The van der Waals surface area contributed by atoms with Crippen molar-refractivity contribution in [2.75, 3.05) is 19.8 Å². The zero-order valence-electron chi connectivity index (χ0n) is 16.2. The summed E-state index contributed by atoms with van der Waals surface area (Å²) >= 11 is 0. The Labute approximate surface area is 173 Å². The summed E-state index contributed by atoms with van der Waals surface area (Å²) in [5.74, 6) is 0. The van der Waals surface area contributed by atoms with Gasteiger partial charge in [0.15, 0.2) is 12.6 Å². The zero-order chi connectivity index (χ0) is 21.7. The molecule has 0 radical (unpaired) electrons. The van der Waals surface area contributed by atoms with Gasteiger partial charge in [0.2, 0.25) is 0 Å². The van der Waals surface area contributed by atoms with Gasteiger partial charge in [0.05, 0.1) is 19.8 Å². The van der Waals surface area contributed by atoms with Crippen molar-refractivity contribution in [1.82, 2.24) is 0 Å². The van der Waals surface area contributed by atoms with Crippen molar-refractivity contribution < 1.29 is 49.6 Å². The Morgan fingerprint density at radius 3 is 2.03 bits per heavy atom. The van der Waals surface area contributed by atoms with E-state index in [4.69, 9.17) is 24.1 Å². The van der Waals surface area contributed by atoms with Crippen LogP contribution in [0.25, 0.3) is 6.08 Å². The van der Waals surface area contributed by atoms with Crippen LogP contribution in [0.15, 0.2) is 36.4 Å². The number of benzene rings is 1. The van der Waals surface area contributed by atoms with Gasteiger partial charge in [-0.05, 0) is 5.56 Å². The minimum Gasteiger partial charge on any atom is -0.394 e. The van der Waals surface area contributed by atoms with Gasteiger partial charge in [-0.2, -0.15) is 0 Å². The molecule has 30 heavy (non-hydrogen) atoms. The van der Waals surface area contributed by atoms with Crippen LogP contribution in [-0.4, -0.2) is 106 Å². The van der Waals surface area contributed by atoms with Crippen molar-refractivity contribution in [2.45, 2.75) is 55.3 Å². The first-order chi connectivity index (χ1) is 14.4. The van der Waals surface area contributed by atoms with Gasteiger partial charge in [-0.25, -0.2) is 0 Å². The van der Waals surface area contributed by atoms with Gasteiger partial charge in [-0.1, -0.05) is 42.5 Å². The summed E-state index contributed by atoms with van der Waals surface area (Å²) in [5, 5.41) is 59.1. The van der Waals surface area contributed by atoms with Crippen molar-refractivity contribution in [1.29, 1.82) is 0 Å². The third kappa shape index (κ3) is 5.42. The molecule has 10 nitrogen and oxygen atoms in total. The van der Waals surface area contributed by atoms with Gasteiger partial charge in [0.25, 0.3) is 0 Å². The largest absolute Gasteiger partial charge is 0.394 e. The molecular weight excluding hydrogens is 400 g/mol. The fraction of sp³-hybridized carbons (Fsp3) is 0.600. The normalized spacial score (nSPS) is 39.6. The molecule has 10 heteroatoms. The number of hydrogen-bond acceptors (Lipinski definition) is 10. The van der Waals surface area contributed by atoms with E-state index in [1.54, 1.807) is 6.08 Å². The quantitative estimate of drug-likeness (QED) is 0.273. The predicted octanol–water partition coefficient (Wildman–Crippen LogP) is -2.02. The zero-order valence-corrected chi connectivity index (χ0v) is 16.2. The molecule has 3 rings (SSSR count). The highest BCUT2D eigenvalue weighted by molar-refractivity contribution is 5.48. The average Bonchev–Trinajstić information content (AvgIpc) is 3.04. The summed E-state index contributed by atoms with van der Waals surface area (Å²) in [6.45, 7) is -0.739. The van der Waals surface area contributed by atoms with Gasteiger partial charge in [0, 0.05) is 0 Å². The summed E-state index contributed by atoms with van der Waals surface area (Å²) in [6, 6.07) is 9.50. The number of aliphatic hydroxyl groups is 6. The molecule has 9 atom stereocenters. The van der Waals surface area contributed by atoms with Crippen molar-refractivity contribution in [3.05, 3.63) is 42.0 Å². The fourth-order valence-corrected chi connectivity index (χ4v) is 3.28. The molecule has 2 aliphatic rings. The molecule has 0 amide bonds. The van der Waals surface area contributed by atoms with Crippen LogP contribution in [0.2, 0.25) is 0 Å². The van der Waals surface area contributed by atoms with Crippen LogP contribution in [-0.2, 0) is 18.9 Å². The van der Waals surface area contributed by atoms with E-state index in [2.05, 4.69) is 0 Å². The molecule has 0 bridgehead atoms. The van der Waals surface area contributed by atoms with E-state index in [1.807, 2.05) is 36.4 Å². The SMILES string of the molecule is OC[C@@H]1O[C@@H](OC[C@H]2O[C@@H](OCC=Cc3ccccc3)[C@H](O)[C@@H](O)[C@@H]2O)[C@H](O)[C@H]1O. The van der Waals surface area contributed by atoms with Gasteiger partial charge >= 0.3 is 0 Å². The topological polar surface area (TPSA) is 158 Å². The minimum absolute atomic E-state index is 0.0852. The average molecular weight is 428 g/mol. The molecular formula is C20H28O10. The van der Waals surface area contributed by atoms with E-state index in [9.17, 15) is 25.5 Å². The Morgan fingerprint density at radius 2 is 1.37 bits per heavy atom.